The molecule has 0 aliphatic carbocycles. The molecule has 110 valence electrons. The van der Waals surface area contributed by atoms with E-state index in [-0.39, 0.29) is 5.97 Å². The zero-order valence-corrected chi connectivity index (χ0v) is 12.3. The molecular weight excluding hydrogens is 266 g/mol. The van der Waals surface area contributed by atoms with E-state index in [0.29, 0.717) is 12.1 Å². The molecule has 2 rings (SSSR count). The summed E-state index contributed by atoms with van der Waals surface area (Å²) in [6, 6.07) is 15.4. The first kappa shape index (κ1) is 15.1. The molecule has 21 heavy (non-hydrogen) atoms. The fraction of sp³-hybridized carbons (Fsp3) is 0.235. The molecule has 0 aliphatic rings. The number of methoxy groups -OCH3 is 2. The van der Waals surface area contributed by atoms with Gasteiger partial charge in [0, 0.05) is 13.1 Å². The monoisotopic (exact) mass is 285 g/mol. The van der Waals surface area contributed by atoms with Gasteiger partial charge in [0.15, 0.2) is 0 Å². The van der Waals surface area contributed by atoms with Crippen LogP contribution in [-0.4, -0.2) is 20.2 Å². The molecule has 0 radical (unpaired) electrons. The quantitative estimate of drug-likeness (QED) is 0.829. The summed E-state index contributed by atoms with van der Waals surface area (Å²) >= 11 is 0. The Balaban J connectivity index is 1.89. The second kappa shape index (κ2) is 7.45. The Bertz CT molecular complexity index is 593. The molecule has 0 unspecified atom stereocenters. The summed E-state index contributed by atoms with van der Waals surface area (Å²) in [4.78, 5) is 11.5. The number of benzene rings is 2. The van der Waals surface area contributed by atoms with Crippen LogP contribution in [-0.2, 0) is 17.8 Å². The highest BCUT2D eigenvalue weighted by atomic mass is 16.5. The number of carbonyl (C=O) groups excluding carboxylic acids is 1. The topological polar surface area (TPSA) is 47.6 Å². The zero-order chi connectivity index (χ0) is 15.1. The van der Waals surface area contributed by atoms with Gasteiger partial charge < -0.3 is 14.8 Å². The Hall–Kier alpha value is -2.33. The van der Waals surface area contributed by atoms with Crippen molar-refractivity contribution >= 4 is 5.97 Å². The van der Waals surface area contributed by atoms with Crippen LogP contribution in [0.2, 0.25) is 0 Å². The molecule has 0 saturated carbocycles. The molecule has 1 N–H and O–H groups in total. The first-order chi connectivity index (χ1) is 10.2. The molecule has 2 aromatic rings. The van der Waals surface area contributed by atoms with Crippen molar-refractivity contribution in [3.8, 4) is 5.75 Å². The van der Waals surface area contributed by atoms with Gasteiger partial charge in [-0.25, -0.2) is 4.79 Å². The van der Waals surface area contributed by atoms with Gasteiger partial charge in [-0.05, 0) is 35.4 Å². The van der Waals surface area contributed by atoms with Crippen molar-refractivity contribution in [3.63, 3.8) is 0 Å². The smallest absolute Gasteiger partial charge is 0.337 e. The summed E-state index contributed by atoms with van der Waals surface area (Å²) in [5, 5.41) is 3.35. The van der Waals surface area contributed by atoms with Crippen LogP contribution in [0.1, 0.15) is 21.5 Å². The van der Waals surface area contributed by atoms with Gasteiger partial charge in [-0.2, -0.15) is 0 Å². The van der Waals surface area contributed by atoms with Crippen LogP contribution in [0.25, 0.3) is 0 Å². The maximum Gasteiger partial charge on any atom is 0.337 e. The highest BCUT2D eigenvalue weighted by Gasteiger charge is 2.05. The molecule has 0 saturated heterocycles. The van der Waals surface area contributed by atoms with Crippen LogP contribution in [0.3, 0.4) is 0 Å². The van der Waals surface area contributed by atoms with Crippen LogP contribution in [0.4, 0.5) is 0 Å². The molecule has 0 aliphatic heterocycles. The Morgan fingerprint density at radius 2 is 1.71 bits per heavy atom. The summed E-state index contributed by atoms with van der Waals surface area (Å²) < 4.78 is 9.84. The van der Waals surface area contributed by atoms with E-state index in [1.165, 1.54) is 12.7 Å². The number of hydrogen-bond acceptors (Lipinski definition) is 4. The number of hydrogen-bond donors (Lipinski definition) is 1. The lowest BCUT2D eigenvalue weighted by Gasteiger charge is -2.07. The van der Waals surface area contributed by atoms with Crippen molar-refractivity contribution < 1.29 is 14.3 Å². The van der Waals surface area contributed by atoms with E-state index in [4.69, 9.17) is 9.47 Å². The highest BCUT2D eigenvalue weighted by Crippen LogP contribution is 2.11. The Morgan fingerprint density at radius 1 is 1.00 bits per heavy atom. The van der Waals surface area contributed by atoms with E-state index in [1.807, 2.05) is 42.5 Å². The van der Waals surface area contributed by atoms with Crippen LogP contribution >= 0.6 is 0 Å². The van der Waals surface area contributed by atoms with E-state index < -0.39 is 0 Å². The molecule has 0 spiro atoms. The van der Waals surface area contributed by atoms with Gasteiger partial charge in [0.2, 0.25) is 0 Å². The van der Waals surface area contributed by atoms with Crippen molar-refractivity contribution in [2.45, 2.75) is 13.1 Å². The molecule has 0 fully saturated rings. The minimum atomic E-state index is -0.313. The minimum absolute atomic E-state index is 0.313. The third kappa shape index (κ3) is 4.33. The number of carbonyl (C=O) groups is 1. The summed E-state index contributed by atoms with van der Waals surface area (Å²) in [6.45, 7) is 1.45. The van der Waals surface area contributed by atoms with Crippen LogP contribution in [0.5, 0.6) is 5.75 Å². The van der Waals surface area contributed by atoms with Crippen molar-refractivity contribution in [1.82, 2.24) is 5.32 Å². The van der Waals surface area contributed by atoms with E-state index in [1.54, 1.807) is 13.2 Å². The van der Waals surface area contributed by atoms with Crippen LogP contribution < -0.4 is 10.1 Å². The largest absolute Gasteiger partial charge is 0.497 e. The maximum absolute atomic E-state index is 11.5. The van der Waals surface area contributed by atoms with Gasteiger partial charge in [0.1, 0.15) is 5.75 Å². The second-order valence-electron chi connectivity index (χ2n) is 4.64. The maximum atomic E-state index is 11.5. The fourth-order valence-electron chi connectivity index (χ4n) is 2.02. The zero-order valence-electron chi connectivity index (χ0n) is 12.3. The number of ether oxygens (including phenoxy) is 2. The SMILES string of the molecule is COC(=O)c1cccc(CNCc2ccc(OC)cc2)c1. The molecule has 4 nitrogen and oxygen atoms in total. The van der Waals surface area contributed by atoms with E-state index in [0.717, 1.165) is 17.9 Å². The second-order valence-corrected chi connectivity index (χ2v) is 4.64. The molecule has 2 aromatic carbocycles. The average Bonchev–Trinajstić information content (AvgIpc) is 2.55. The number of rotatable bonds is 6. The van der Waals surface area contributed by atoms with Crippen LogP contribution in [0.15, 0.2) is 48.5 Å². The van der Waals surface area contributed by atoms with Gasteiger partial charge >= 0.3 is 5.97 Å². The van der Waals surface area contributed by atoms with E-state index >= 15 is 0 Å². The fourth-order valence-corrected chi connectivity index (χ4v) is 2.02. The van der Waals surface area contributed by atoms with E-state index in [2.05, 4.69) is 5.32 Å². The predicted octanol–water partition coefficient (Wildman–Crippen LogP) is 2.77. The predicted molar refractivity (Wildman–Crippen MR) is 81.3 cm³/mol. The molecule has 4 heteroatoms. The Morgan fingerprint density at radius 3 is 2.38 bits per heavy atom. The summed E-state index contributed by atoms with van der Waals surface area (Å²) in [5.41, 5.74) is 2.80. The lowest BCUT2D eigenvalue weighted by molar-refractivity contribution is 0.0600. The number of nitrogens with one attached hydrogen (secondary N) is 1. The third-order valence-corrected chi connectivity index (χ3v) is 3.17. The van der Waals surface area contributed by atoms with Gasteiger partial charge in [0.05, 0.1) is 19.8 Å². The first-order valence-electron chi connectivity index (χ1n) is 6.74. The van der Waals surface area contributed by atoms with E-state index in [9.17, 15) is 4.79 Å². The molecule has 0 heterocycles. The van der Waals surface area contributed by atoms with Gasteiger partial charge in [0.25, 0.3) is 0 Å². The molecular formula is C17H19NO3. The first-order valence-corrected chi connectivity index (χ1v) is 6.74. The lowest BCUT2D eigenvalue weighted by atomic mass is 10.1. The number of esters is 1. The van der Waals surface area contributed by atoms with Crippen LogP contribution in [0, 0.1) is 0 Å². The normalized spacial score (nSPS) is 10.2. The Kier molecular flexibility index (Phi) is 5.35. The standard InChI is InChI=1S/C17H19NO3/c1-20-16-8-6-13(7-9-16)11-18-12-14-4-3-5-15(10-14)17(19)21-2/h3-10,18H,11-12H2,1-2H3. The molecule has 0 bridgehead atoms. The average molecular weight is 285 g/mol. The molecule has 0 amide bonds. The van der Waals surface area contributed by atoms with Gasteiger partial charge in [-0.1, -0.05) is 24.3 Å². The highest BCUT2D eigenvalue weighted by molar-refractivity contribution is 5.89. The van der Waals surface area contributed by atoms with Crippen molar-refractivity contribution in [2.75, 3.05) is 14.2 Å². The summed E-state index contributed by atoms with van der Waals surface area (Å²) in [6.07, 6.45) is 0. The Labute approximate surface area is 124 Å². The van der Waals surface area contributed by atoms with Gasteiger partial charge in [-0.15, -0.1) is 0 Å². The van der Waals surface area contributed by atoms with Gasteiger partial charge in [-0.3, -0.25) is 0 Å². The van der Waals surface area contributed by atoms with Crippen molar-refractivity contribution in [2.24, 2.45) is 0 Å². The third-order valence-electron chi connectivity index (χ3n) is 3.17. The molecule has 0 aromatic heterocycles. The van der Waals surface area contributed by atoms with Crippen molar-refractivity contribution in [1.29, 1.82) is 0 Å². The summed E-state index contributed by atoms with van der Waals surface area (Å²) in [5.74, 6) is 0.538. The minimum Gasteiger partial charge on any atom is -0.497 e. The van der Waals surface area contributed by atoms with Crippen molar-refractivity contribution in [3.05, 3.63) is 65.2 Å². The summed E-state index contributed by atoms with van der Waals surface area (Å²) in [7, 11) is 3.04. The molecule has 0 atom stereocenters. The lowest BCUT2D eigenvalue weighted by Crippen LogP contribution is -2.13.